The smallest absolute Gasteiger partial charge is 0.145 e. The zero-order chi connectivity index (χ0) is 12.8. The van der Waals surface area contributed by atoms with Crippen molar-refractivity contribution >= 4 is 16.6 Å². The number of ether oxygens (including phenoxy) is 1. The zero-order valence-electron chi connectivity index (χ0n) is 11.2. The molecule has 2 aliphatic rings. The Labute approximate surface area is 113 Å². The predicted octanol–water partition coefficient (Wildman–Crippen LogP) is 3.23. The number of hydrogen-bond acceptors (Lipinski definition) is 3. The van der Waals surface area contributed by atoms with Crippen LogP contribution in [-0.2, 0) is 0 Å². The highest BCUT2D eigenvalue weighted by Gasteiger charge is 2.44. The Balaban J connectivity index is 1.85. The Kier molecular flexibility index (Phi) is 2.40. The maximum absolute atomic E-state index is 5.43. The molecule has 0 bridgehead atoms. The van der Waals surface area contributed by atoms with Crippen LogP contribution in [-0.4, -0.2) is 24.7 Å². The second kappa shape index (κ2) is 4.12. The van der Waals surface area contributed by atoms with Gasteiger partial charge in [0.25, 0.3) is 0 Å². The Hall–Kier alpha value is -1.77. The zero-order valence-corrected chi connectivity index (χ0v) is 11.2. The first-order valence-electron chi connectivity index (χ1n) is 7.07. The highest BCUT2D eigenvalue weighted by atomic mass is 16.5. The molecule has 1 saturated heterocycles. The minimum absolute atomic E-state index is 0.769. The number of aromatic nitrogens is 1. The molecule has 1 aliphatic heterocycles. The number of fused-ring (bicyclic) bond motifs is 2. The van der Waals surface area contributed by atoms with Crippen molar-refractivity contribution < 1.29 is 4.74 Å². The molecule has 19 heavy (non-hydrogen) atoms. The summed E-state index contributed by atoms with van der Waals surface area (Å²) in [4.78, 5) is 7.08. The van der Waals surface area contributed by atoms with Gasteiger partial charge in [-0.1, -0.05) is 12.1 Å². The summed E-state index contributed by atoms with van der Waals surface area (Å²) in [7, 11) is 1.71. The topological polar surface area (TPSA) is 25.4 Å². The maximum atomic E-state index is 5.43. The monoisotopic (exact) mass is 254 g/mol. The first kappa shape index (κ1) is 11.1. The minimum Gasteiger partial charge on any atom is -0.494 e. The summed E-state index contributed by atoms with van der Waals surface area (Å²) in [5.41, 5.74) is 2.31. The molecule has 1 saturated carbocycles. The number of anilines is 1. The molecule has 2 aromatic rings. The van der Waals surface area contributed by atoms with Crippen molar-refractivity contribution in [3.63, 3.8) is 0 Å². The van der Waals surface area contributed by atoms with Crippen LogP contribution in [0.1, 0.15) is 19.3 Å². The fourth-order valence-corrected chi connectivity index (χ4v) is 3.46. The second-order valence-corrected chi connectivity index (χ2v) is 5.59. The summed E-state index contributed by atoms with van der Waals surface area (Å²) in [6.45, 7) is 1.18. The maximum Gasteiger partial charge on any atom is 0.145 e. The Bertz CT molecular complexity index is 625. The number of pyridine rings is 1. The molecule has 1 aliphatic carbocycles. The van der Waals surface area contributed by atoms with Gasteiger partial charge in [0.15, 0.2) is 0 Å². The highest BCUT2D eigenvalue weighted by molar-refractivity contribution is 5.95. The van der Waals surface area contributed by atoms with E-state index in [1.54, 1.807) is 7.11 Å². The molecule has 2 unspecified atom stereocenters. The quantitative estimate of drug-likeness (QED) is 0.822. The van der Waals surface area contributed by atoms with Crippen molar-refractivity contribution in [2.75, 3.05) is 18.6 Å². The van der Waals surface area contributed by atoms with Crippen LogP contribution in [0, 0.1) is 5.92 Å². The number of piperidine rings is 1. The van der Waals surface area contributed by atoms with Crippen LogP contribution in [0.4, 0.5) is 5.69 Å². The van der Waals surface area contributed by atoms with Crippen molar-refractivity contribution in [1.82, 2.24) is 4.98 Å². The first-order chi connectivity index (χ1) is 9.38. The first-order valence-corrected chi connectivity index (χ1v) is 7.07. The van der Waals surface area contributed by atoms with Gasteiger partial charge >= 0.3 is 0 Å². The third kappa shape index (κ3) is 1.68. The van der Waals surface area contributed by atoms with E-state index < -0.39 is 0 Å². The molecular weight excluding hydrogens is 236 g/mol. The van der Waals surface area contributed by atoms with E-state index in [1.165, 1.54) is 36.9 Å². The number of para-hydroxylation sites is 1. The number of benzene rings is 1. The number of rotatable bonds is 2. The van der Waals surface area contributed by atoms with Crippen LogP contribution in [0.2, 0.25) is 0 Å². The molecule has 2 fully saturated rings. The van der Waals surface area contributed by atoms with Crippen LogP contribution >= 0.6 is 0 Å². The Morgan fingerprint density at radius 1 is 1.32 bits per heavy atom. The fraction of sp³-hybridized carbons (Fsp3) is 0.438. The van der Waals surface area contributed by atoms with E-state index >= 15 is 0 Å². The molecule has 1 aromatic carbocycles. The van der Waals surface area contributed by atoms with Gasteiger partial charge in [-0.2, -0.15) is 0 Å². The summed E-state index contributed by atoms with van der Waals surface area (Å²) in [6.07, 6.45) is 6.00. The Morgan fingerprint density at radius 2 is 2.26 bits per heavy atom. The largest absolute Gasteiger partial charge is 0.494 e. The van der Waals surface area contributed by atoms with E-state index in [-0.39, 0.29) is 0 Å². The van der Waals surface area contributed by atoms with Crippen LogP contribution in [0.3, 0.4) is 0 Å². The molecule has 0 amide bonds. The van der Waals surface area contributed by atoms with Gasteiger partial charge in [-0.15, -0.1) is 0 Å². The molecule has 4 rings (SSSR count). The lowest BCUT2D eigenvalue weighted by Gasteiger charge is -2.29. The average Bonchev–Trinajstić information content (AvgIpc) is 3.25. The van der Waals surface area contributed by atoms with Gasteiger partial charge in [0.05, 0.1) is 7.11 Å². The number of nitrogens with zero attached hydrogens (tertiary/aromatic N) is 2. The summed E-state index contributed by atoms with van der Waals surface area (Å²) >= 11 is 0. The summed E-state index contributed by atoms with van der Waals surface area (Å²) in [6, 6.07) is 9.12. The van der Waals surface area contributed by atoms with Crippen LogP contribution in [0.15, 0.2) is 30.5 Å². The molecule has 0 spiro atoms. The van der Waals surface area contributed by atoms with Gasteiger partial charge in [0.1, 0.15) is 11.3 Å². The summed E-state index contributed by atoms with van der Waals surface area (Å²) < 4.78 is 5.43. The normalized spacial score (nSPS) is 25.2. The molecule has 3 nitrogen and oxygen atoms in total. The SMILES string of the molecule is COc1cccc2c(N3CCCC4CC43)ccnc12. The van der Waals surface area contributed by atoms with Crippen LogP contribution < -0.4 is 9.64 Å². The average molecular weight is 254 g/mol. The third-order valence-corrected chi connectivity index (χ3v) is 4.50. The van der Waals surface area contributed by atoms with E-state index in [4.69, 9.17) is 4.74 Å². The Morgan fingerprint density at radius 3 is 3.16 bits per heavy atom. The molecule has 2 heterocycles. The summed E-state index contributed by atoms with van der Waals surface area (Å²) in [5.74, 6) is 1.80. The molecule has 1 aromatic heterocycles. The van der Waals surface area contributed by atoms with Crippen LogP contribution in [0.25, 0.3) is 10.9 Å². The van der Waals surface area contributed by atoms with Crippen LogP contribution in [0.5, 0.6) is 5.75 Å². The fourth-order valence-electron chi connectivity index (χ4n) is 3.46. The van der Waals surface area contributed by atoms with Crippen molar-refractivity contribution in [2.24, 2.45) is 5.92 Å². The molecular formula is C16H18N2O. The molecule has 3 heteroatoms. The lowest BCUT2D eigenvalue weighted by molar-refractivity contribution is 0.419. The van der Waals surface area contributed by atoms with E-state index in [0.29, 0.717) is 0 Å². The van der Waals surface area contributed by atoms with Crippen molar-refractivity contribution in [3.05, 3.63) is 30.5 Å². The van der Waals surface area contributed by atoms with E-state index in [1.807, 2.05) is 12.3 Å². The predicted molar refractivity (Wildman–Crippen MR) is 76.8 cm³/mol. The highest BCUT2D eigenvalue weighted by Crippen LogP contribution is 2.46. The van der Waals surface area contributed by atoms with Gasteiger partial charge < -0.3 is 9.64 Å². The van der Waals surface area contributed by atoms with Gasteiger partial charge in [-0.3, -0.25) is 4.98 Å². The third-order valence-electron chi connectivity index (χ3n) is 4.50. The van der Waals surface area contributed by atoms with Gasteiger partial charge in [-0.25, -0.2) is 0 Å². The van der Waals surface area contributed by atoms with Crippen molar-refractivity contribution in [3.8, 4) is 5.75 Å². The van der Waals surface area contributed by atoms with E-state index in [0.717, 1.165) is 23.2 Å². The van der Waals surface area contributed by atoms with Gasteiger partial charge in [-0.05, 0) is 37.3 Å². The summed E-state index contributed by atoms with van der Waals surface area (Å²) in [5, 5.41) is 1.22. The molecule has 0 radical (unpaired) electrons. The van der Waals surface area contributed by atoms with E-state index in [2.05, 4.69) is 28.1 Å². The minimum atomic E-state index is 0.769. The second-order valence-electron chi connectivity index (χ2n) is 5.59. The van der Waals surface area contributed by atoms with Crippen molar-refractivity contribution in [1.29, 1.82) is 0 Å². The molecule has 2 atom stereocenters. The number of hydrogen-bond donors (Lipinski definition) is 0. The number of methoxy groups -OCH3 is 1. The standard InChI is InChI=1S/C16H18N2O/c1-19-15-6-2-5-12-13(7-8-17-16(12)15)18-9-3-4-11-10-14(11)18/h2,5-8,11,14H,3-4,9-10H2,1H3. The van der Waals surface area contributed by atoms with Gasteiger partial charge in [0.2, 0.25) is 0 Å². The van der Waals surface area contributed by atoms with E-state index in [9.17, 15) is 0 Å². The lowest BCUT2D eigenvalue weighted by Crippen LogP contribution is -2.31. The van der Waals surface area contributed by atoms with Crippen molar-refractivity contribution in [2.45, 2.75) is 25.3 Å². The van der Waals surface area contributed by atoms with Gasteiger partial charge in [0, 0.05) is 29.9 Å². The molecule has 0 N–H and O–H groups in total. The molecule has 98 valence electrons. The lowest BCUT2D eigenvalue weighted by atomic mass is 10.1.